The molecular weight excluding hydrogens is 376 g/mol. The number of hydrogen-bond acceptors (Lipinski definition) is 2. The van der Waals surface area contributed by atoms with Gasteiger partial charge in [-0.1, -0.05) is 78.9 Å². The van der Waals surface area contributed by atoms with Crippen LogP contribution >= 0.6 is 11.3 Å². The van der Waals surface area contributed by atoms with Gasteiger partial charge in [-0.3, -0.25) is 4.79 Å². The molecule has 1 aromatic heterocycles. The fourth-order valence-electron chi connectivity index (χ4n) is 3.78. The van der Waals surface area contributed by atoms with Gasteiger partial charge in [-0.25, -0.2) is 0 Å². The minimum Gasteiger partial charge on any atom is -0.345 e. The van der Waals surface area contributed by atoms with Crippen molar-refractivity contribution in [3.8, 4) is 0 Å². The molecule has 3 nitrogen and oxygen atoms in total. The molecule has 0 spiro atoms. The zero-order chi connectivity index (χ0) is 20.1. The lowest BCUT2D eigenvalue weighted by Crippen LogP contribution is -2.87. The molecular formula is C25H25N2OS+. The fourth-order valence-corrected chi connectivity index (χ4v) is 4.63. The number of amides is 1. The minimum absolute atomic E-state index is 0.0427. The van der Waals surface area contributed by atoms with Gasteiger partial charge in [0.15, 0.2) is 6.54 Å². The monoisotopic (exact) mass is 401 g/mol. The van der Waals surface area contributed by atoms with Crippen molar-refractivity contribution in [2.45, 2.75) is 19.0 Å². The van der Waals surface area contributed by atoms with Gasteiger partial charge in [-0.05, 0) is 34.7 Å². The highest BCUT2D eigenvalue weighted by atomic mass is 32.1. The third-order valence-corrected chi connectivity index (χ3v) is 6.17. The zero-order valence-corrected chi connectivity index (χ0v) is 17.2. The highest BCUT2D eigenvalue weighted by Gasteiger charge is 2.20. The average Bonchev–Trinajstić information content (AvgIpc) is 3.29. The van der Waals surface area contributed by atoms with E-state index in [1.165, 1.54) is 21.2 Å². The number of benzene rings is 3. The van der Waals surface area contributed by atoms with Crippen molar-refractivity contribution in [3.05, 3.63) is 106 Å². The van der Waals surface area contributed by atoms with Gasteiger partial charge in [0.05, 0.1) is 10.9 Å². The Morgan fingerprint density at radius 3 is 2.48 bits per heavy atom. The van der Waals surface area contributed by atoms with E-state index in [0.717, 1.165) is 5.56 Å². The molecule has 0 radical (unpaired) electrons. The third-order valence-electron chi connectivity index (χ3n) is 5.21. The van der Waals surface area contributed by atoms with Crippen LogP contribution in [-0.2, 0) is 4.79 Å². The summed E-state index contributed by atoms with van der Waals surface area (Å²) in [7, 11) is 0. The van der Waals surface area contributed by atoms with Crippen molar-refractivity contribution >= 4 is 28.0 Å². The van der Waals surface area contributed by atoms with Crippen molar-refractivity contribution in [1.29, 1.82) is 0 Å². The van der Waals surface area contributed by atoms with Gasteiger partial charge in [0.25, 0.3) is 5.91 Å². The molecule has 4 heteroatoms. The van der Waals surface area contributed by atoms with E-state index < -0.39 is 0 Å². The number of nitrogens with one attached hydrogen (secondary N) is 1. The van der Waals surface area contributed by atoms with Crippen LogP contribution in [0.25, 0.3) is 10.8 Å². The Morgan fingerprint density at radius 1 is 0.931 bits per heavy atom. The summed E-state index contributed by atoms with van der Waals surface area (Å²) >= 11 is 1.73. The number of rotatable bonds is 7. The molecule has 3 aromatic carbocycles. The molecule has 0 unspecified atom stereocenters. The van der Waals surface area contributed by atoms with Crippen molar-refractivity contribution < 1.29 is 10.1 Å². The molecule has 0 saturated carbocycles. The second kappa shape index (κ2) is 9.03. The lowest BCUT2D eigenvalue weighted by Gasteiger charge is -2.18. The molecule has 29 heavy (non-hydrogen) atoms. The molecule has 4 rings (SSSR count). The molecule has 1 amide bonds. The summed E-state index contributed by atoms with van der Waals surface area (Å²) in [6, 6.07) is 29.2. The van der Waals surface area contributed by atoms with E-state index >= 15 is 0 Å². The molecule has 146 valence electrons. The summed E-state index contributed by atoms with van der Waals surface area (Å²) in [5.74, 6) is 0.0444. The molecule has 0 fully saturated rings. The normalized spacial score (nSPS) is 13.1. The number of thiophene rings is 1. The number of quaternary nitrogens is 1. The smallest absolute Gasteiger partial charge is 0.275 e. The van der Waals surface area contributed by atoms with Crippen LogP contribution in [0, 0.1) is 0 Å². The van der Waals surface area contributed by atoms with Crippen LogP contribution in [0.2, 0.25) is 0 Å². The Hall–Kier alpha value is -2.95. The van der Waals surface area contributed by atoms with E-state index in [4.69, 9.17) is 0 Å². The summed E-state index contributed by atoms with van der Waals surface area (Å²) < 4.78 is 0. The van der Waals surface area contributed by atoms with Crippen LogP contribution in [0.1, 0.15) is 35.0 Å². The maximum Gasteiger partial charge on any atom is 0.275 e. The first-order valence-corrected chi connectivity index (χ1v) is 10.8. The Balaban J connectivity index is 1.45. The molecule has 0 aliphatic carbocycles. The molecule has 3 N–H and O–H groups in total. The second-order valence-corrected chi connectivity index (χ2v) is 8.18. The number of fused-ring (bicyclic) bond motifs is 1. The van der Waals surface area contributed by atoms with Crippen molar-refractivity contribution in [3.63, 3.8) is 0 Å². The number of carbonyl (C=O) groups is 1. The van der Waals surface area contributed by atoms with Crippen molar-refractivity contribution in [1.82, 2.24) is 5.32 Å². The van der Waals surface area contributed by atoms with E-state index in [2.05, 4.69) is 70.6 Å². The van der Waals surface area contributed by atoms with Crippen LogP contribution in [-0.4, -0.2) is 12.5 Å². The molecule has 2 atom stereocenters. The lowest BCUT2D eigenvalue weighted by atomic mass is 10.00. The van der Waals surface area contributed by atoms with Gasteiger partial charge in [0.2, 0.25) is 0 Å². The predicted octanol–water partition coefficient (Wildman–Crippen LogP) is 4.43. The Morgan fingerprint density at radius 2 is 1.69 bits per heavy atom. The molecule has 0 aliphatic heterocycles. The summed E-state index contributed by atoms with van der Waals surface area (Å²) in [4.78, 5) is 14.0. The van der Waals surface area contributed by atoms with Gasteiger partial charge in [-0.2, -0.15) is 0 Å². The van der Waals surface area contributed by atoms with Gasteiger partial charge >= 0.3 is 0 Å². The topological polar surface area (TPSA) is 45.7 Å². The molecule has 0 bridgehead atoms. The van der Waals surface area contributed by atoms with Gasteiger partial charge < -0.3 is 10.6 Å². The highest BCUT2D eigenvalue weighted by Crippen LogP contribution is 2.24. The van der Waals surface area contributed by atoms with Gasteiger partial charge in [0, 0.05) is 5.56 Å². The first-order chi connectivity index (χ1) is 14.2. The molecule has 4 aromatic rings. The zero-order valence-electron chi connectivity index (χ0n) is 16.4. The van der Waals surface area contributed by atoms with Gasteiger partial charge in [-0.15, -0.1) is 11.3 Å². The van der Waals surface area contributed by atoms with Crippen LogP contribution < -0.4 is 10.6 Å². The number of nitrogens with two attached hydrogens (primary N) is 1. The molecule has 0 saturated heterocycles. The first kappa shape index (κ1) is 19.4. The maximum atomic E-state index is 12.7. The predicted molar refractivity (Wildman–Crippen MR) is 120 cm³/mol. The highest BCUT2D eigenvalue weighted by molar-refractivity contribution is 7.10. The van der Waals surface area contributed by atoms with Crippen molar-refractivity contribution in [2.75, 3.05) is 6.54 Å². The molecule has 0 aliphatic rings. The van der Waals surface area contributed by atoms with E-state index in [0.29, 0.717) is 6.54 Å². The molecule has 1 heterocycles. The summed E-state index contributed by atoms with van der Waals surface area (Å²) in [5, 5.41) is 9.76. The van der Waals surface area contributed by atoms with Crippen LogP contribution in [0.4, 0.5) is 0 Å². The van der Waals surface area contributed by atoms with E-state index in [1.807, 2.05) is 37.3 Å². The number of hydrogen-bond donors (Lipinski definition) is 2. The van der Waals surface area contributed by atoms with Crippen LogP contribution in [0.5, 0.6) is 0 Å². The Bertz CT molecular complexity index is 1070. The SMILES string of the molecule is C[C@@H](NC(=O)C[NH2+][C@@H](c1ccccc1)c1cccs1)c1cccc2ccccc12. The van der Waals surface area contributed by atoms with Gasteiger partial charge in [0.1, 0.15) is 6.04 Å². The second-order valence-electron chi connectivity index (χ2n) is 7.20. The average molecular weight is 402 g/mol. The fraction of sp³-hybridized carbons (Fsp3) is 0.160. The number of carbonyl (C=O) groups excluding carboxylic acids is 1. The van der Waals surface area contributed by atoms with Crippen LogP contribution in [0.3, 0.4) is 0 Å². The minimum atomic E-state index is -0.0427. The summed E-state index contributed by atoms with van der Waals surface area (Å²) in [5.41, 5.74) is 2.36. The lowest BCUT2D eigenvalue weighted by molar-refractivity contribution is -0.676. The standard InChI is InChI=1S/C25H24N2OS/c1-18(21-14-7-12-19-9-5-6-13-22(19)21)27-24(28)17-26-25(23-15-8-16-29-23)20-10-3-2-4-11-20/h2-16,18,25-26H,17H2,1H3,(H,27,28)/p+1/t18-,25+/m1/s1. The maximum absolute atomic E-state index is 12.7. The quantitative estimate of drug-likeness (QED) is 0.473. The van der Waals surface area contributed by atoms with Crippen LogP contribution in [0.15, 0.2) is 90.3 Å². The third kappa shape index (κ3) is 4.56. The largest absolute Gasteiger partial charge is 0.345 e. The van der Waals surface area contributed by atoms with E-state index in [1.54, 1.807) is 11.3 Å². The van der Waals surface area contributed by atoms with E-state index in [9.17, 15) is 4.79 Å². The summed E-state index contributed by atoms with van der Waals surface area (Å²) in [6.45, 7) is 2.43. The Kier molecular flexibility index (Phi) is 6.03. The van der Waals surface area contributed by atoms with Crippen molar-refractivity contribution in [2.24, 2.45) is 0 Å². The summed E-state index contributed by atoms with van der Waals surface area (Å²) in [6.07, 6.45) is 0. The first-order valence-electron chi connectivity index (χ1n) is 9.91. The van der Waals surface area contributed by atoms with E-state index in [-0.39, 0.29) is 18.0 Å². The Labute approximate surface area is 175 Å².